The molecule has 1 aromatic carbocycles. The van der Waals surface area contributed by atoms with Crippen LogP contribution in [0.4, 0.5) is 11.8 Å². The van der Waals surface area contributed by atoms with Crippen molar-refractivity contribution in [2.75, 3.05) is 36.9 Å². The highest BCUT2D eigenvalue weighted by atomic mass is 15.3. The van der Waals surface area contributed by atoms with Gasteiger partial charge in [0.05, 0.1) is 19.6 Å². The number of hydrogen-bond acceptors (Lipinski definition) is 5. The molecule has 5 nitrogen and oxygen atoms in total. The Balaban J connectivity index is 1.74. The second-order valence-electron chi connectivity index (χ2n) is 11.9. The monoisotopic (exact) mass is 501 g/mol. The van der Waals surface area contributed by atoms with Crippen molar-refractivity contribution in [2.24, 2.45) is 11.8 Å². The van der Waals surface area contributed by atoms with Gasteiger partial charge in [0.15, 0.2) is 0 Å². The van der Waals surface area contributed by atoms with Gasteiger partial charge in [-0.2, -0.15) is 4.98 Å². The van der Waals surface area contributed by atoms with Gasteiger partial charge in [0.2, 0.25) is 5.95 Å². The van der Waals surface area contributed by atoms with Crippen LogP contribution in [-0.4, -0.2) is 55.4 Å². The SMILES string of the molecule is [B][C@](CC)(CN(C)[C@H](C)CC(C)C)C1CN(c2nc(C)c(C=C)c(N[C@H](C)c3ccc(C)cc3C)n2)C1. The highest BCUT2D eigenvalue weighted by Gasteiger charge is 2.42. The summed E-state index contributed by atoms with van der Waals surface area (Å²) in [4.78, 5) is 14.6. The number of rotatable bonds is 12. The van der Waals surface area contributed by atoms with Crippen LogP contribution in [-0.2, 0) is 0 Å². The van der Waals surface area contributed by atoms with Gasteiger partial charge in [0.1, 0.15) is 5.82 Å². The molecule has 1 aliphatic rings. The van der Waals surface area contributed by atoms with Gasteiger partial charge >= 0.3 is 0 Å². The van der Waals surface area contributed by atoms with E-state index < -0.39 is 0 Å². The van der Waals surface area contributed by atoms with Gasteiger partial charge in [-0.15, -0.1) is 0 Å². The smallest absolute Gasteiger partial charge is 0.227 e. The average molecular weight is 502 g/mol. The van der Waals surface area contributed by atoms with Crippen LogP contribution in [0.2, 0.25) is 5.31 Å². The van der Waals surface area contributed by atoms with Gasteiger partial charge in [-0.3, -0.25) is 0 Å². The number of aromatic nitrogens is 2. The van der Waals surface area contributed by atoms with E-state index >= 15 is 0 Å². The Hall–Kier alpha value is -2.34. The number of hydrogen-bond donors (Lipinski definition) is 1. The molecular formula is C31H48BN5. The highest BCUT2D eigenvalue weighted by Crippen LogP contribution is 2.43. The summed E-state index contributed by atoms with van der Waals surface area (Å²) in [5.41, 5.74) is 5.73. The van der Waals surface area contributed by atoms with Crippen LogP contribution < -0.4 is 10.2 Å². The molecule has 2 aromatic rings. The van der Waals surface area contributed by atoms with Crippen molar-refractivity contribution in [1.29, 1.82) is 0 Å². The summed E-state index contributed by atoms with van der Waals surface area (Å²) in [6.07, 6.45) is 4.00. The second kappa shape index (κ2) is 12.0. The molecule has 1 saturated heterocycles. The topological polar surface area (TPSA) is 44.3 Å². The number of nitrogens with zero attached hydrogens (tertiary/aromatic N) is 4. The van der Waals surface area contributed by atoms with Crippen LogP contribution in [0, 0.1) is 32.6 Å². The van der Waals surface area contributed by atoms with Crippen LogP contribution >= 0.6 is 0 Å². The lowest BCUT2D eigenvalue weighted by Gasteiger charge is -2.51. The molecule has 3 atom stereocenters. The average Bonchev–Trinajstić information content (AvgIpc) is 2.77. The molecule has 0 bridgehead atoms. The lowest BCUT2D eigenvalue weighted by Crippen LogP contribution is -2.55. The first-order valence-corrected chi connectivity index (χ1v) is 14.0. The van der Waals surface area contributed by atoms with Crippen molar-refractivity contribution in [1.82, 2.24) is 14.9 Å². The largest absolute Gasteiger partial charge is 0.363 e. The Labute approximate surface area is 227 Å². The molecule has 2 heterocycles. The fourth-order valence-electron chi connectivity index (χ4n) is 5.67. The van der Waals surface area contributed by atoms with E-state index in [-0.39, 0.29) is 11.4 Å². The predicted molar refractivity (Wildman–Crippen MR) is 161 cm³/mol. The molecule has 6 heteroatoms. The quantitative estimate of drug-likeness (QED) is 0.326. The Kier molecular flexibility index (Phi) is 9.49. The van der Waals surface area contributed by atoms with E-state index in [1.165, 1.54) is 23.1 Å². The molecule has 0 amide bonds. The maximum Gasteiger partial charge on any atom is 0.227 e. The van der Waals surface area contributed by atoms with Gasteiger partial charge < -0.3 is 15.1 Å². The predicted octanol–water partition coefficient (Wildman–Crippen LogP) is 6.76. The van der Waals surface area contributed by atoms with Crippen molar-refractivity contribution in [3.8, 4) is 0 Å². The zero-order chi connectivity index (χ0) is 27.5. The molecule has 1 aliphatic heterocycles. The van der Waals surface area contributed by atoms with E-state index in [0.29, 0.717) is 17.9 Å². The van der Waals surface area contributed by atoms with E-state index in [1.54, 1.807) is 0 Å². The minimum absolute atomic E-state index is 0.116. The van der Waals surface area contributed by atoms with Gasteiger partial charge in [-0.25, -0.2) is 4.98 Å². The van der Waals surface area contributed by atoms with E-state index in [1.807, 2.05) is 13.0 Å². The minimum Gasteiger partial charge on any atom is -0.363 e. The van der Waals surface area contributed by atoms with E-state index in [2.05, 4.69) is 95.4 Å². The second-order valence-corrected chi connectivity index (χ2v) is 11.9. The maximum absolute atomic E-state index is 7.04. The number of anilines is 2. The molecule has 1 N–H and O–H groups in total. The first-order chi connectivity index (χ1) is 17.4. The van der Waals surface area contributed by atoms with Gasteiger partial charge in [-0.05, 0) is 82.9 Å². The molecule has 1 fully saturated rings. The van der Waals surface area contributed by atoms with Gasteiger partial charge in [0, 0.05) is 24.7 Å². The van der Waals surface area contributed by atoms with Crippen LogP contribution in [0.25, 0.3) is 6.08 Å². The fourth-order valence-corrected chi connectivity index (χ4v) is 5.67. The molecule has 0 saturated carbocycles. The highest BCUT2D eigenvalue weighted by molar-refractivity contribution is 6.15. The first-order valence-electron chi connectivity index (χ1n) is 14.0. The van der Waals surface area contributed by atoms with Gasteiger partial charge in [0.25, 0.3) is 0 Å². The van der Waals surface area contributed by atoms with Crippen molar-refractivity contribution >= 4 is 25.7 Å². The van der Waals surface area contributed by atoms with Crippen LogP contribution in [0.15, 0.2) is 24.8 Å². The van der Waals surface area contributed by atoms with Crippen LogP contribution in [0.1, 0.15) is 81.4 Å². The minimum atomic E-state index is -0.217. The zero-order valence-corrected chi connectivity index (χ0v) is 24.7. The van der Waals surface area contributed by atoms with E-state index in [9.17, 15) is 0 Å². The van der Waals surface area contributed by atoms with Gasteiger partial charge in [-0.1, -0.05) is 63.6 Å². The van der Waals surface area contributed by atoms with Crippen molar-refractivity contribution in [3.05, 3.63) is 52.7 Å². The number of benzene rings is 1. The third kappa shape index (κ3) is 6.76. The Morgan fingerprint density at radius 3 is 2.43 bits per heavy atom. The Bertz CT molecular complexity index is 1080. The summed E-state index contributed by atoms with van der Waals surface area (Å²) < 4.78 is 0. The fraction of sp³-hybridized carbons (Fsp3) is 0.613. The normalized spacial score (nSPS) is 17.4. The molecule has 1 aromatic heterocycles. The molecule has 0 unspecified atom stereocenters. The maximum atomic E-state index is 7.04. The Morgan fingerprint density at radius 1 is 1.19 bits per heavy atom. The van der Waals surface area contributed by atoms with E-state index in [0.717, 1.165) is 49.1 Å². The molecule has 0 aliphatic carbocycles. The van der Waals surface area contributed by atoms with Crippen LogP contribution in [0.3, 0.4) is 0 Å². The molecule has 2 radical (unpaired) electrons. The molecular weight excluding hydrogens is 453 g/mol. The third-order valence-electron chi connectivity index (χ3n) is 8.32. The third-order valence-corrected chi connectivity index (χ3v) is 8.32. The molecule has 0 spiro atoms. The lowest BCUT2D eigenvalue weighted by atomic mass is 9.56. The number of nitrogens with one attached hydrogen (secondary N) is 1. The summed E-state index contributed by atoms with van der Waals surface area (Å²) in [7, 11) is 9.26. The van der Waals surface area contributed by atoms with Crippen molar-refractivity contribution < 1.29 is 0 Å². The summed E-state index contributed by atoms with van der Waals surface area (Å²) in [5.74, 6) is 2.71. The summed E-state index contributed by atoms with van der Waals surface area (Å²) >= 11 is 0. The van der Waals surface area contributed by atoms with Crippen molar-refractivity contribution in [2.45, 2.75) is 85.6 Å². The Morgan fingerprint density at radius 2 is 1.86 bits per heavy atom. The standard InChI is InChI=1S/C31H48BN5/c1-11-27-24(8)34-30(35-29(27)33-25(9)28-14-13-21(5)16-22(28)6)37-17-26(18-37)31(32,12-2)19-36(10)23(7)15-20(3)4/h11,13-14,16,20,23,25-26H,1,12,15,17-19H2,2-10H3,(H,33,34,35)/t23-,25-,31-/m1/s1. The summed E-state index contributed by atoms with van der Waals surface area (Å²) in [6, 6.07) is 7.24. The zero-order valence-electron chi connectivity index (χ0n) is 24.7. The summed E-state index contributed by atoms with van der Waals surface area (Å²) in [6.45, 7) is 24.3. The molecule has 3 rings (SSSR count). The molecule has 37 heavy (non-hydrogen) atoms. The molecule has 200 valence electrons. The lowest BCUT2D eigenvalue weighted by molar-refractivity contribution is 0.158. The van der Waals surface area contributed by atoms with Crippen LogP contribution in [0.5, 0.6) is 0 Å². The summed E-state index contributed by atoms with van der Waals surface area (Å²) in [5, 5.41) is 3.43. The van der Waals surface area contributed by atoms with E-state index in [4.69, 9.17) is 17.8 Å². The first kappa shape index (κ1) is 29.2. The number of aryl methyl sites for hydroxylation is 3. The van der Waals surface area contributed by atoms with Crippen molar-refractivity contribution in [3.63, 3.8) is 0 Å².